The third kappa shape index (κ3) is 3.35. The van der Waals surface area contributed by atoms with Crippen molar-refractivity contribution < 1.29 is 4.74 Å². The lowest BCUT2D eigenvalue weighted by Crippen LogP contribution is -2.24. The average molecular weight is 259 g/mol. The zero-order chi connectivity index (χ0) is 13.7. The Labute approximate surface area is 114 Å². The number of imidazole rings is 1. The van der Waals surface area contributed by atoms with Gasteiger partial charge in [0.1, 0.15) is 11.6 Å². The second-order valence-electron chi connectivity index (χ2n) is 4.67. The summed E-state index contributed by atoms with van der Waals surface area (Å²) < 4.78 is 5.89. The smallest absolute Gasteiger partial charge is 0.127 e. The van der Waals surface area contributed by atoms with Gasteiger partial charge in [-0.1, -0.05) is 25.1 Å². The third-order valence-electron chi connectivity index (χ3n) is 2.79. The van der Waals surface area contributed by atoms with Crippen LogP contribution < -0.4 is 10.1 Å². The van der Waals surface area contributed by atoms with Crippen molar-refractivity contribution >= 4 is 0 Å². The number of aromatic nitrogens is 2. The van der Waals surface area contributed by atoms with Crippen molar-refractivity contribution in [3.05, 3.63) is 48.0 Å². The summed E-state index contributed by atoms with van der Waals surface area (Å²) in [6.45, 7) is 7.01. The molecule has 2 aromatic rings. The van der Waals surface area contributed by atoms with Crippen molar-refractivity contribution in [2.45, 2.75) is 32.9 Å². The first-order valence-electron chi connectivity index (χ1n) is 6.70. The van der Waals surface area contributed by atoms with Crippen molar-refractivity contribution in [2.75, 3.05) is 6.54 Å². The number of H-pyrrole nitrogens is 1. The van der Waals surface area contributed by atoms with Crippen LogP contribution in [0.5, 0.6) is 5.75 Å². The standard InChI is InChI=1S/C15H21N3O/c1-4-16-14(15-17-9-10-18-15)12-7-5-6-8-13(12)19-11(2)3/h5-11,14,16H,4H2,1-3H3,(H,17,18). The van der Waals surface area contributed by atoms with E-state index in [1.165, 1.54) is 0 Å². The van der Waals surface area contributed by atoms with Gasteiger partial charge < -0.3 is 15.0 Å². The fraction of sp³-hybridized carbons (Fsp3) is 0.400. The summed E-state index contributed by atoms with van der Waals surface area (Å²) in [5.74, 6) is 1.81. The van der Waals surface area contributed by atoms with E-state index in [1.54, 1.807) is 6.20 Å². The van der Waals surface area contributed by atoms with Crippen LogP contribution in [0.1, 0.15) is 38.2 Å². The summed E-state index contributed by atoms with van der Waals surface area (Å²) in [6.07, 6.45) is 3.76. The number of benzene rings is 1. The number of hydrogen-bond acceptors (Lipinski definition) is 3. The Morgan fingerprint density at radius 2 is 2.11 bits per heavy atom. The van der Waals surface area contributed by atoms with Crippen molar-refractivity contribution in [3.8, 4) is 5.75 Å². The van der Waals surface area contributed by atoms with Crippen LogP contribution in [0.4, 0.5) is 0 Å². The van der Waals surface area contributed by atoms with Crippen molar-refractivity contribution in [1.29, 1.82) is 0 Å². The minimum absolute atomic E-state index is 0.0231. The highest BCUT2D eigenvalue weighted by molar-refractivity contribution is 5.39. The van der Waals surface area contributed by atoms with Crippen molar-refractivity contribution in [3.63, 3.8) is 0 Å². The predicted molar refractivity (Wildman–Crippen MR) is 76.3 cm³/mol. The lowest BCUT2D eigenvalue weighted by Gasteiger charge is -2.21. The first-order chi connectivity index (χ1) is 9.22. The molecule has 0 saturated carbocycles. The van der Waals surface area contributed by atoms with Gasteiger partial charge in [-0.25, -0.2) is 4.98 Å². The SMILES string of the molecule is CCNC(c1ncc[nH]1)c1ccccc1OC(C)C. The zero-order valence-corrected chi connectivity index (χ0v) is 11.7. The fourth-order valence-corrected chi connectivity index (χ4v) is 2.07. The molecule has 0 radical (unpaired) electrons. The molecule has 0 aliphatic carbocycles. The molecule has 1 atom stereocenters. The van der Waals surface area contributed by atoms with Crippen LogP contribution in [-0.2, 0) is 0 Å². The fourth-order valence-electron chi connectivity index (χ4n) is 2.07. The third-order valence-corrected chi connectivity index (χ3v) is 2.79. The average Bonchev–Trinajstić information content (AvgIpc) is 2.90. The highest BCUT2D eigenvalue weighted by Crippen LogP contribution is 2.29. The summed E-state index contributed by atoms with van der Waals surface area (Å²) >= 11 is 0. The van der Waals surface area contributed by atoms with Crippen molar-refractivity contribution in [2.24, 2.45) is 0 Å². The second kappa shape index (κ2) is 6.38. The Morgan fingerprint density at radius 1 is 1.32 bits per heavy atom. The molecule has 2 N–H and O–H groups in total. The molecule has 0 amide bonds. The van der Waals surface area contributed by atoms with Gasteiger partial charge in [0.2, 0.25) is 0 Å². The predicted octanol–water partition coefficient (Wildman–Crippen LogP) is 2.90. The number of nitrogens with zero attached hydrogens (tertiary/aromatic N) is 1. The van der Waals surface area contributed by atoms with Gasteiger partial charge in [0.25, 0.3) is 0 Å². The van der Waals surface area contributed by atoms with E-state index in [0.717, 1.165) is 23.7 Å². The highest BCUT2D eigenvalue weighted by Gasteiger charge is 2.19. The summed E-state index contributed by atoms with van der Waals surface area (Å²) in [7, 11) is 0. The van der Waals surface area contributed by atoms with Crippen LogP contribution in [0.2, 0.25) is 0 Å². The Hall–Kier alpha value is -1.81. The van der Waals surface area contributed by atoms with Crippen LogP contribution in [-0.4, -0.2) is 22.6 Å². The Kier molecular flexibility index (Phi) is 4.58. The maximum absolute atomic E-state index is 5.89. The molecule has 2 rings (SSSR count). The number of para-hydroxylation sites is 1. The number of rotatable bonds is 6. The Morgan fingerprint density at radius 3 is 2.74 bits per heavy atom. The van der Waals surface area contributed by atoms with E-state index in [9.17, 15) is 0 Å². The van der Waals surface area contributed by atoms with Crippen LogP contribution in [0.3, 0.4) is 0 Å². The summed E-state index contributed by atoms with van der Waals surface area (Å²) in [5.41, 5.74) is 1.10. The molecule has 0 aliphatic rings. The molecule has 0 saturated heterocycles. The molecule has 0 spiro atoms. The highest BCUT2D eigenvalue weighted by atomic mass is 16.5. The van der Waals surface area contributed by atoms with Crippen LogP contribution in [0, 0.1) is 0 Å². The van der Waals surface area contributed by atoms with Gasteiger partial charge in [0.15, 0.2) is 0 Å². The normalized spacial score (nSPS) is 12.6. The van der Waals surface area contributed by atoms with Gasteiger partial charge in [-0.05, 0) is 26.5 Å². The lowest BCUT2D eigenvalue weighted by atomic mass is 10.0. The molecular formula is C15H21N3O. The molecule has 0 fully saturated rings. The molecule has 0 bridgehead atoms. The minimum Gasteiger partial charge on any atom is -0.491 e. The molecular weight excluding hydrogens is 238 g/mol. The zero-order valence-electron chi connectivity index (χ0n) is 11.7. The number of ether oxygens (including phenoxy) is 1. The molecule has 4 nitrogen and oxygen atoms in total. The summed E-state index contributed by atoms with van der Waals surface area (Å²) in [6, 6.07) is 8.12. The van der Waals surface area contributed by atoms with Crippen LogP contribution in [0.15, 0.2) is 36.7 Å². The number of nitrogens with one attached hydrogen (secondary N) is 2. The van der Waals surface area contributed by atoms with Gasteiger partial charge >= 0.3 is 0 Å². The van der Waals surface area contributed by atoms with E-state index in [-0.39, 0.29) is 12.1 Å². The number of aromatic amines is 1. The quantitative estimate of drug-likeness (QED) is 0.838. The lowest BCUT2D eigenvalue weighted by molar-refractivity contribution is 0.238. The Bertz CT molecular complexity index is 494. The van der Waals surface area contributed by atoms with Gasteiger partial charge in [0, 0.05) is 18.0 Å². The molecule has 0 aliphatic heterocycles. The molecule has 102 valence electrons. The molecule has 1 unspecified atom stereocenters. The monoisotopic (exact) mass is 259 g/mol. The summed E-state index contributed by atoms with van der Waals surface area (Å²) in [4.78, 5) is 7.53. The summed E-state index contributed by atoms with van der Waals surface area (Å²) in [5, 5.41) is 3.44. The van der Waals surface area contributed by atoms with Crippen LogP contribution in [0.25, 0.3) is 0 Å². The maximum atomic E-state index is 5.89. The van der Waals surface area contributed by atoms with E-state index in [2.05, 4.69) is 28.3 Å². The maximum Gasteiger partial charge on any atom is 0.127 e. The van der Waals surface area contributed by atoms with E-state index in [1.807, 2.05) is 38.2 Å². The largest absolute Gasteiger partial charge is 0.491 e. The van der Waals surface area contributed by atoms with E-state index < -0.39 is 0 Å². The first-order valence-corrected chi connectivity index (χ1v) is 6.70. The van der Waals surface area contributed by atoms with E-state index in [0.29, 0.717) is 0 Å². The van der Waals surface area contributed by atoms with E-state index >= 15 is 0 Å². The molecule has 1 aromatic carbocycles. The first kappa shape index (κ1) is 13.6. The molecule has 19 heavy (non-hydrogen) atoms. The van der Waals surface area contributed by atoms with E-state index in [4.69, 9.17) is 4.74 Å². The van der Waals surface area contributed by atoms with Gasteiger partial charge in [-0.3, -0.25) is 0 Å². The second-order valence-corrected chi connectivity index (χ2v) is 4.67. The van der Waals surface area contributed by atoms with Crippen molar-refractivity contribution in [1.82, 2.24) is 15.3 Å². The van der Waals surface area contributed by atoms with Crippen LogP contribution >= 0.6 is 0 Å². The molecule has 1 aromatic heterocycles. The number of hydrogen-bond donors (Lipinski definition) is 2. The molecule has 4 heteroatoms. The van der Waals surface area contributed by atoms with Gasteiger partial charge in [-0.2, -0.15) is 0 Å². The van der Waals surface area contributed by atoms with Gasteiger partial charge in [0.05, 0.1) is 12.1 Å². The van der Waals surface area contributed by atoms with Gasteiger partial charge in [-0.15, -0.1) is 0 Å². The minimum atomic E-state index is 0.0231. The molecule has 1 heterocycles. The topological polar surface area (TPSA) is 49.9 Å². The Balaban J connectivity index is 2.36.